The summed E-state index contributed by atoms with van der Waals surface area (Å²) in [6, 6.07) is 67.7. The number of pyridine rings is 3. The molecular weight excluding hydrogens is 885 g/mol. The fourth-order valence-corrected chi connectivity index (χ4v) is 13.1. The molecule has 0 amide bonds. The van der Waals surface area contributed by atoms with Gasteiger partial charge >= 0.3 is 0 Å². The standard InChI is InChI=1S/C69H48N4/c1-4-19-49-43(16-1)34-37-46-40-70-58-28-13-25-55(67(58)64(46)49)52-22-7-10-31-61(52)73(62-32-11-8-23-53(62)56-26-14-29-59-68(56)65-47(41-71-59)38-35-44-17-2-5-20-50(44)65)63-33-12-9-24-54(63)57-27-15-30-60-69(57)66-48(42-72-60)39-36-45-18-3-6-21-51(45)66/h1-24,28-42,55-57H,25-27H2. The lowest BCUT2D eigenvalue weighted by Gasteiger charge is -2.37. The number of para-hydroxylation sites is 3. The third kappa shape index (κ3) is 6.57. The van der Waals surface area contributed by atoms with Crippen LogP contribution in [0, 0.1) is 0 Å². The molecule has 3 aliphatic carbocycles. The molecule has 3 aliphatic rings. The molecule has 3 heterocycles. The van der Waals surface area contributed by atoms with Crippen LogP contribution in [0.4, 0.5) is 17.1 Å². The minimum absolute atomic E-state index is 0.0238. The Balaban J connectivity index is 1.01. The average molecular weight is 933 g/mol. The number of fused-ring (bicyclic) bond motifs is 15. The molecule has 0 aliphatic heterocycles. The van der Waals surface area contributed by atoms with E-state index in [1.807, 2.05) is 0 Å². The molecule has 4 nitrogen and oxygen atoms in total. The smallest absolute Gasteiger partial charge is 0.0671 e. The van der Waals surface area contributed by atoms with Crippen LogP contribution in [-0.2, 0) is 0 Å². The molecule has 4 heteroatoms. The van der Waals surface area contributed by atoms with Gasteiger partial charge in [0.05, 0.1) is 17.1 Å². The van der Waals surface area contributed by atoms with Gasteiger partial charge in [0, 0.05) is 69.6 Å². The first-order valence-corrected chi connectivity index (χ1v) is 25.7. The first-order valence-electron chi connectivity index (χ1n) is 25.7. The summed E-state index contributed by atoms with van der Waals surface area (Å²) in [6.45, 7) is 0. The molecule has 0 saturated carbocycles. The molecule has 15 rings (SSSR count). The number of hydrogen-bond donors (Lipinski definition) is 0. The molecule has 0 fully saturated rings. The minimum atomic E-state index is 0.0238. The predicted octanol–water partition coefficient (Wildman–Crippen LogP) is 17.9. The molecule has 0 bridgehead atoms. The fourth-order valence-electron chi connectivity index (χ4n) is 13.1. The van der Waals surface area contributed by atoms with Gasteiger partial charge in [-0.25, -0.2) is 0 Å². The second kappa shape index (κ2) is 16.8. The van der Waals surface area contributed by atoms with E-state index in [0.29, 0.717) is 0 Å². The zero-order chi connectivity index (χ0) is 48.0. The van der Waals surface area contributed by atoms with E-state index in [4.69, 9.17) is 15.0 Å². The van der Waals surface area contributed by atoms with Gasteiger partial charge in [0.15, 0.2) is 0 Å². The first kappa shape index (κ1) is 41.8. The topological polar surface area (TPSA) is 41.9 Å². The maximum Gasteiger partial charge on any atom is 0.0671 e. The Morgan fingerprint density at radius 3 is 0.932 bits per heavy atom. The summed E-state index contributed by atoms with van der Waals surface area (Å²) in [5.41, 5.74) is 14.3. The van der Waals surface area contributed by atoms with E-state index < -0.39 is 0 Å². The molecule has 73 heavy (non-hydrogen) atoms. The Bertz CT molecular complexity index is 3910. The summed E-state index contributed by atoms with van der Waals surface area (Å²) in [4.78, 5) is 18.2. The van der Waals surface area contributed by atoms with Crippen molar-refractivity contribution in [3.8, 4) is 0 Å². The van der Waals surface area contributed by atoms with Crippen LogP contribution in [0.5, 0.6) is 0 Å². The zero-order valence-corrected chi connectivity index (χ0v) is 40.2. The summed E-state index contributed by atoms with van der Waals surface area (Å²) in [6.07, 6.45) is 22.5. The van der Waals surface area contributed by atoms with Crippen molar-refractivity contribution < 1.29 is 0 Å². The summed E-state index contributed by atoms with van der Waals surface area (Å²) in [5, 5.41) is 14.9. The molecule has 0 N–H and O–H groups in total. The van der Waals surface area contributed by atoms with Crippen LogP contribution in [0.1, 0.15) is 87.5 Å². The molecule has 3 aromatic heterocycles. The third-order valence-electron chi connectivity index (χ3n) is 16.2. The second-order valence-electron chi connectivity index (χ2n) is 20.0. The average Bonchev–Trinajstić information content (AvgIpc) is 3.46. The number of aromatic nitrogens is 3. The predicted molar refractivity (Wildman–Crippen MR) is 305 cm³/mol. The largest absolute Gasteiger partial charge is 0.310 e. The van der Waals surface area contributed by atoms with Crippen molar-refractivity contribution in [1.82, 2.24) is 15.0 Å². The van der Waals surface area contributed by atoms with Crippen LogP contribution in [0.2, 0.25) is 0 Å². The van der Waals surface area contributed by atoms with Crippen molar-refractivity contribution in [2.75, 3.05) is 4.90 Å². The summed E-state index contributed by atoms with van der Waals surface area (Å²) in [7, 11) is 0. The van der Waals surface area contributed by atoms with Crippen LogP contribution in [-0.4, -0.2) is 15.0 Å². The van der Waals surface area contributed by atoms with Crippen LogP contribution < -0.4 is 4.90 Å². The van der Waals surface area contributed by atoms with Crippen molar-refractivity contribution in [3.63, 3.8) is 0 Å². The van der Waals surface area contributed by atoms with Crippen molar-refractivity contribution in [2.45, 2.75) is 37.0 Å². The van der Waals surface area contributed by atoms with Gasteiger partial charge in [-0.2, -0.15) is 0 Å². The minimum Gasteiger partial charge on any atom is -0.310 e. The Kier molecular flexibility index (Phi) is 9.62. The molecule has 12 aromatic rings. The van der Waals surface area contributed by atoms with Gasteiger partial charge < -0.3 is 4.90 Å². The van der Waals surface area contributed by atoms with Crippen molar-refractivity contribution in [2.24, 2.45) is 0 Å². The van der Waals surface area contributed by atoms with Gasteiger partial charge in [0.2, 0.25) is 0 Å². The monoisotopic (exact) mass is 932 g/mol. The molecule has 0 radical (unpaired) electrons. The molecule has 344 valence electrons. The highest BCUT2D eigenvalue weighted by atomic mass is 15.2. The SMILES string of the molecule is C1=Cc2ncc3ccc4ccccc4c3c2C(c2ccccc2N(c2ccccc2C2CC=Cc3ncc4ccc5ccccc5c4c32)c2ccccc2C2CC=Cc3ncc4ccc5ccccc5c4c32)C1. The Hall–Kier alpha value is -8.99. The number of rotatable bonds is 6. The van der Waals surface area contributed by atoms with Crippen LogP contribution in [0.3, 0.4) is 0 Å². The third-order valence-corrected chi connectivity index (χ3v) is 16.2. The number of benzene rings is 9. The number of hydrogen-bond acceptors (Lipinski definition) is 4. The molecule has 3 unspecified atom stereocenters. The number of nitrogens with zero attached hydrogens (tertiary/aromatic N) is 4. The number of allylic oxidation sites excluding steroid dienone is 3. The maximum atomic E-state index is 5.18. The summed E-state index contributed by atoms with van der Waals surface area (Å²) >= 11 is 0. The summed E-state index contributed by atoms with van der Waals surface area (Å²) < 4.78 is 0. The van der Waals surface area contributed by atoms with E-state index >= 15 is 0 Å². The Morgan fingerprint density at radius 2 is 0.589 bits per heavy atom. The zero-order valence-electron chi connectivity index (χ0n) is 40.2. The lowest BCUT2D eigenvalue weighted by Crippen LogP contribution is -2.21. The van der Waals surface area contributed by atoms with Crippen LogP contribution in [0.15, 0.2) is 219 Å². The van der Waals surface area contributed by atoms with Crippen molar-refractivity contribution >= 4 is 99.9 Å². The van der Waals surface area contributed by atoms with Gasteiger partial charge in [0.1, 0.15) is 0 Å². The van der Waals surface area contributed by atoms with E-state index in [-0.39, 0.29) is 17.8 Å². The molecule has 0 saturated heterocycles. The van der Waals surface area contributed by atoms with Crippen molar-refractivity contribution in [3.05, 3.63) is 269 Å². The highest BCUT2D eigenvalue weighted by Crippen LogP contribution is 2.53. The first-order chi connectivity index (χ1) is 36.2. The lowest BCUT2D eigenvalue weighted by atomic mass is 9.78. The van der Waals surface area contributed by atoms with E-state index in [1.165, 1.54) is 81.9 Å². The normalized spacial score (nSPS) is 16.8. The Morgan fingerprint density at radius 1 is 0.301 bits per heavy atom. The maximum absolute atomic E-state index is 5.18. The van der Waals surface area contributed by atoms with Crippen molar-refractivity contribution in [1.29, 1.82) is 0 Å². The summed E-state index contributed by atoms with van der Waals surface area (Å²) in [5.74, 6) is 0.0715. The van der Waals surface area contributed by atoms with Gasteiger partial charge in [-0.3, -0.25) is 15.0 Å². The van der Waals surface area contributed by atoms with Gasteiger partial charge in [0.25, 0.3) is 0 Å². The van der Waals surface area contributed by atoms with E-state index in [0.717, 1.165) is 69.6 Å². The second-order valence-corrected chi connectivity index (χ2v) is 20.0. The Labute approximate surface area is 424 Å². The van der Waals surface area contributed by atoms with Gasteiger partial charge in [-0.05, 0) is 138 Å². The number of anilines is 3. The molecule has 0 spiro atoms. The lowest BCUT2D eigenvalue weighted by molar-refractivity contribution is 0.804. The molecular formula is C69H48N4. The van der Waals surface area contributed by atoms with Crippen LogP contribution >= 0.6 is 0 Å². The van der Waals surface area contributed by atoms with Gasteiger partial charge in [-0.15, -0.1) is 0 Å². The highest BCUT2D eigenvalue weighted by Gasteiger charge is 2.34. The van der Waals surface area contributed by atoms with Gasteiger partial charge in [-0.1, -0.05) is 182 Å². The highest BCUT2D eigenvalue weighted by molar-refractivity contribution is 6.13. The van der Waals surface area contributed by atoms with Crippen LogP contribution in [0.25, 0.3) is 82.9 Å². The van der Waals surface area contributed by atoms with E-state index in [9.17, 15) is 0 Å². The fraction of sp³-hybridized carbons (Fsp3) is 0.0870. The quantitative estimate of drug-likeness (QED) is 0.156. The molecule has 3 atom stereocenters. The van der Waals surface area contributed by atoms with E-state index in [2.05, 4.69) is 242 Å². The molecule has 9 aromatic carbocycles. The van der Waals surface area contributed by atoms with E-state index in [1.54, 1.807) is 0 Å².